The van der Waals surface area contributed by atoms with Crippen LogP contribution < -0.4 is 0 Å². The van der Waals surface area contributed by atoms with Gasteiger partial charge in [0.25, 0.3) is 0 Å². The van der Waals surface area contributed by atoms with Crippen molar-refractivity contribution in [2.45, 2.75) is 19.3 Å². The van der Waals surface area contributed by atoms with Gasteiger partial charge in [0.05, 0.1) is 18.8 Å². The standard InChI is InChI=1S/C12H16O4/c1-2-14-6-7-16-12(13)10-8-9(10)11-4-3-5-15-11/h3-5,9-10H,2,6-8H2,1H3. The SMILES string of the molecule is CCOCCOC(=O)C1CC1c1ccco1. The van der Waals surface area contributed by atoms with Crippen LogP contribution in [-0.2, 0) is 14.3 Å². The van der Waals surface area contributed by atoms with Crippen LogP contribution in [0.1, 0.15) is 25.0 Å². The quantitative estimate of drug-likeness (QED) is 0.547. The molecule has 1 aromatic rings. The number of hydrogen-bond donors (Lipinski definition) is 0. The molecular weight excluding hydrogens is 208 g/mol. The summed E-state index contributed by atoms with van der Waals surface area (Å²) in [6, 6.07) is 3.74. The van der Waals surface area contributed by atoms with Gasteiger partial charge in [-0.05, 0) is 25.5 Å². The lowest BCUT2D eigenvalue weighted by Gasteiger charge is -2.03. The number of rotatable bonds is 6. The average molecular weight is 224 g/mol. The minimum atomic E-state index is -0.138. The van der Waals surface area contributed by atoms with Crippen LogP contribution in [0.3, 0.4) is 0 Å². The lowest BCUT2D eigenvalue weighted by Crippen LogP contribution is -2.12. The van der Waals surface area contributed by atoms with Crippen LogP contribution in [0.2, 0.25) is 0 Å². The van der Waals surface area contributed by atoms with Crippen molar-refractivity contribution in [1.29, 1.82) is 0 Å². The van der Waals surface area contributed by atoms with Crippen molar-refractivity contribution in [3.05, 3.63) is 24.2 Å². The van der Waals surface area contributed by atoms with Crippen molar-refractivity contribution in [3.8, 4) is 0 Å². The molecule has 1 heterocycles. The molecule has 88 valence electrons. The molecule has 2 atom stereocenters. The number of furan rings is 1. The number of ether oxygens (including phenoxy) is 2. The van der Waals surface area contributed by atoms with Gasteiger partial charge in [-0.25, -0.2) is 0 Å². The van der Waals surface area contributed by atoms with Gasteiger partial charge in [0.15, 0.2) is 0 Å². The third-order valence-corrected chi connectivity index (χ3v) is 2.68. The van der Waals surface area contributed by atoms with Crippen LogP contribution in [0.15, 0.2) is 22.8 Å². The summed E-state index contributed by atoms with van der Waals surface area (Å²) in [7, 11) is 0. The molecule has 0 N–H and O–H groups in total. The second-order valence-corrected chi connectivity index (χ2v) is 3.83. The topological polar surface area (TPSA) is 48.7 Å². The van der Waals surface area contributed by atoms with E-state index in [0.29, 0.717) is 19.8 Å². The van der Waals surface area contributed by atoms with E-state index in [1.54, 1.807) is 6.26 Å². The Labute approximate surface area is 94.5 Å². The van der Waals surface area contributed by atoms with Crippen molar-refractivity contribution in [2.24, 2.45) is 5.92 Å². The van der Waals surface area contributed by atoms with Crippen molar-refractivity contribution >= 4 is 5.97 Å². The van der Waals surface area contributed by atoms with E-state index in [0.717, 1.165) is 12.2 Å². The summed E-state index contributed by atoms with van der Waals surface area (Å²) in [4.78, 5) is 11.6. The molecule has 1 aliphatic carbocycles. The van der Waals surface area contributed by atoms with Crippen LogP contribution in [0.25, 0.3) is 0 Å². The fourth-order valence-electron chi connectivity index (χ4n) is 1.72. The zero-order valence-electron chi connectivity index (χ0n) is 9.35. The lowest BCUT2D eigenvalue weighted by atomic mass is 10.2. The third kappa shape index (κ3) is 2.64. The van der Waals surface area contributed by atoms with Gasteiger partial charge >= 0.3 is 5.97 Å². The summed E-state index contributed by atoms with van der Waals surface area (Å²) in [5, 5.41) is 0. The molecule has 2 rings (SSSR count). The largest absolute Gasteiger partial charge is 0.469 e. The Kier molecular flexibility index (Phi) is 3.62. The molecule has 0 radical (unpaired) electrons. The highest BCUT2D eigenvalue weighted by molar-refractivity contribution is 5.77. The maximum Gasteiger partial charge on any atom is 0.309 e. The van der Waals surface area contributed by atoms with Gasteiger partial charge in [-0.1, -0.05) is 0 Å². The summed E-state index contributed by atoms with van der Waals surface area (Å²) < 4.78 is 15.4. The van der Waals surface area contributed by atoms with E-state index in [1.165, 1.54) is 0 Å². The highest BCUT2D eigenvalue weighted by atomic mass is 16.6. The first-order chi connectivity index (χ1) is 7.83. The minimum Gasteiger partial charge on any atom is -0.469 e. The first-order valence-corrected chi connectivity index (χ1v) is 5.60. The van der Waals surface area contributed by atoms with Crippen LogP contribution in [0.4, 0.5) is 0 Å². The zero-order chi connectivity index (χ0) is 11.4. The summed E-state index contributed by atoms with van der Waals surface area (Å²) in [6.45, 7) is 3.38. The summed E-state index contributed by atoms with van der Waals surface area (Å²) in [5.74, 6) is 0.940. The second kappa shape index (κ2) is 5.16. The Hall–Kier alpha value is -1.29. The smallest absolute Gasteiger partial charge is 0.309 e. The number of hydrogen-bond acceptors (Lipinski definition) is 4. The molecule has 4 nitrogen and oxygen atoms in total. The Morgan fingerprint density at radius 1 is 1.56 bits per heavy atom. The van der Waals surface area contributed by atoms with Gasteiger partial charge in [-0.15, -0.1) is 0 Å². The molecule has 16 heavy (non-hydrogen) atoms. The number of carbonyl (C=O) groups is 1. The Bertz CT molecular complexity index is 331. The molecule has 1 fully saturated rings. The maximum absolute atomic E-state index is 11.6. The van der Waals surface area contributed by atoms with E-state index in [9.17, 15) is 4.79 Å². The zero-order valence-corrected chi connectivity index (χ0v) is 9.35. The predicted octanol–water partition coefficient (Wildman–Crippen LogP) is 1.96. The molecule has 0 aromatic carbocycles. The Morgan fingerprint density at radius 2 is 2.44 bits per heavy atom. The predicted molar refractivity (Wildman–Crippen MR) is 57.0 cm³/mol. The van der Waals surface area contributed by atoms with Gasteiger partial charge in [-0.2, -0.15) is 0 Å². The minimum absolute atomic E-state index is 0.0206. The van der Waals surface area contributed by atoms with Crippen molar-refractivity contribution in [2.75, 3.05) is 19.8 Å². The van der Waals surface area contributed by atoms with Crippen molar-refractivity contribution < 1.29 is 18.7 Å². The molecule has 1 aliphatic rings. The van der Waals surface area contributed by atoms with Gasteiger partial charge < -0.3 is 13.9 Å². The van der Waals surface area contributed by atoms with E-state index >= 15 is 0 Å². The van der Waals surface area contributed by atoms with E-state index in [-0.39, 0.29) is 17.8 Å². The second-order valence-electron chi connectivity index (χ2n) is 3.83. The van der Waals surface area contributed by atoms with E-state index < -0.39 is 0 Å². The summed E-state index contributed by atoms with van der Waals surface area (Å²) in [5.41, 5.74) is 0. The van der Waals surface area contributed by atoms with Crippen molar-refractivity contribution in [1.82, 2.24) is 0 Å². The Morgan fingerprint density at radius 3 is 3.12 bits per heavy atom. The van der Waals surface area contributed by atoms with Gasteiger partial charge in [0, 0.05) is 12.5 Å². The van der Waals surface area contributed by atoms with E-state index in [4.69, 9.17) is 13.9 Å². The Balaban J connectivity index is 1.69. The summed E-state index contributed by atoms with van der Waals surface area (Å²) >= 11 is 0. The lowest BCUT2D eigenvalue weighted by molar-refractivity contribution is -0.146. The van der Waals surface area contributed by atoms with Crippen LogP contribution in [-0.4, -0.2) is 25.8 Å². The molecule has 4 heteroatoms. The maximum atomic E-state index is 11.6. The van der Waals surface area contributed by atoms with Crippen LogP contribution in [0.5, 0.6) is 0 Å². The van der Waals surface area contributed by atoms with E-state index in [2.05, 4.69) is 0 Å². The van der Waals surface area contributed by atoms with Crippen LogP contribution >= 0.6 is 0 Å². The molecule has 0 aliphatic heterocycles. The normalized spacial score (nSPS) is 23.1. The van der Waals surface area contributed by atoms with E-state index in [1.807, 2.05) is 19.1 Å². The molecule has 2 unspecified atom stereocenters. The van der Waals surface area contributed by atoms with Gasteiger partial charge in [0.1, 0.15) is 12.4 Å². The molecular formula is C12H16O4. The molecule has 0 saturated heterocycles. The highest BCUT2D eigenvalue weighted by Gasteiger charge is 2.47. The molecule has 1 aromatic heterocycles. The molecule has 0 amide bonds. The third-order valence-electron chi connectivity index (χ3n) is 2.68. The molecule has 1 saturated carbocycles. The number of carbonyl (C=O) groups excluding carboxylic acids is 1. The molecule has 0 bridgehead atoms. The van der Waals surface area contributed by atoms with Crippen LogP contribution in [0, 0.1) is 5.92 Å². The summed E-state index contributed by atoms with van der Waals surface area (Å²) in [6.07, 6.45) is 2.46. The average Bonchev–Trinajstić information content (AvgIpc) is 2.91. The van der Waals surface area contributed by atoms with Gasteiger partial charge in [0.2, 0.25) is 0 Å². The molecule has 0 spiro atoms. The first-order valence-electron chi connectivity index (χ1n) is 5.60. The number of esters is 1. The fourth-order valence-corrected chi connectivity index (χ4v) is 1.72. The first kappa shape index (κ1) is 11.2. The van der Waals surface area contributed by atoms with Crippen molar-refractivity contribution in [3.63, 3.8) is 0 Å². The fraction of sp³-hybridized carbons (Fsp3) is 0.583. The van der Waals surface area contributed by atoms with Gasteiger partial charge in [-0.3, -0.25) is 4.79 Å². The monoisotopic (exact) mass is 224 g/mol. The highest BCUT2D eigenvalue weighted by Crippen LogP contribution is 2.48.